The third-order valence-corrected chi connectivity index (χ3v) is 2.94. The molecule has 1 heterocycles. The number of carbonyl (C=O) groups excluding carboxylic acids is 1. The Hall–Kier alpha value is -1.46. The van der Waals surface area contributed by atoms with Gasteiger partial charge in [0.25, 0.3) is 5.91 Å². The van der Waals surface area contributed by atoms with E-state index in [1.54, 1.807) is 0 Å². The molecular weight excluding hydrogens is 223 g/mol. The molecule has 2 rings (SSSR count). The summed E-state index contributed by atoms with van der Waals surface area (Å²) in [6.07, 6.45) is -0.413. The Kier molecular flexibility index (Phi) is 3.71. The van der Waals surface area contributed by atoms with E-state index in [2.05, 4.69) is 10.6 Å². The van der Waals surface area contributed by atoms with E-state index in [0.717, 1.165) is 0 Å². The molecule has 1 aromatic rings. The van der Waals surface area contributed by atoms with Crippen molar-refractivity contribution in [3.63, 3.8) is 0 Å². The number of hydrogen-bond donors (Lipinski definition) is 3. The minimum absolute atomic E-state index is 0.0411. The maximum Gasteiger partial charge on any atom is 0.251 e. The molecule has 0 bridgehead atoms. The van der Waals surface area contributed by atoms with Crippen LogP contribution in [0.2, 0.25) is 0 Å². The fourth-order valence-electron chi connectivity index (χ4n) is 1.85. The van der Waals surface area contributed by atoms with Gasteiger partial charge in [0.15, 0.2) is 0 Å². The standard InChI is InChI=1S/C12H15FN2O2/c13-10-3-1-8(2-4-10)12(17)15-6-9-5-14-7-11(9)16/h1-4,9,11,14,16H,5-7H2,(H,15,17). The molecule has 92 valence electrons. The molecule has 0 radical (unpaired) electrons. The first-order valence-electron chi connectivity index (χ1n) is 5.59. The maximum absolute atomic E-state index is 12.7. The molecule has 2 atom stereocenters. The molecule has 1 saturated heterocycles. The largest absolute Gasteiger partial charge is 0.391 e. The zero-order valence-corrected chi connectivity index (χ0v) is 9.32. The first-order chi connectivity index (χ1) is 8.16. The number of hydrogen-bond acceptors (Lipinski definition) is 3. The van der Waals surface area contributed by atoms with Crippen molar-refractivity contribution in [2.75, 3.05) is 19.6 Å². The molecule has 0 aromatic heterocycles. The van der Waals surface area contributed by atoms with Gasteiger partial charge in [0, 0.05) is 31.1 Å². The van der Waals surface area contributed by atoms with E-state index in [4.69, 9.17) is 0 Å². The first-order valence-corrected chi connectivity index (χ1v) is 5.59. The van der Waals surface area contributed by atoms with E-state index < -0.39 is 6.10 Å². The molecule has 1 amide bonds. The van der Waals surface area contributed by atoms with Gasteiger partial charge >= 0.3 is 0 Å². The smallest absolute Gasteiger partial charge is 0.251 e. The molecular formula is C12H15FN2O2. The number of β-amino-alcohol motifs (C(OH)–C–C–N with tert-alkyl or cyclic N) is 1. The molecule has 1 aliphatic rings. The average molecular weight is 238 g/mol. The van der Waals surface area contributed by atoms with Crippen molar-refractivity contribution in [3.8, 4) is 0 Å². The molecule has 2 unspecified atom stereocenters. The normalized spacial score (nSPS) is 23.6. The first kappa shape index (κ1) is 12.0. The molecule has 1 aromatic carbocycles. The number of rotatable bonds is 3. The molecule has 0 spiro atoms. The second-order valence-electron chi connectivity index (χ2n) is 4.20. The van der Waals surface area contributed by atoms with Crippen molar-refractivity contribution in [2.45, 2.75) is 6.10 Å². The van der Waals surface area contributed by atoms with E-state index in [9.17, 15) is 14.3 Å². The van der Waals surface area contributed by atoms with Crippen LogP contribution in [0.1, 0.15) is 10.4 Å². The summed E-state index contributed by atoms with van der Waals surface area (Å²) in [6, 6.07) is 5.38. The van der Waals surface area contributed by atoms with Gasteiger partial charge in [-0.1, -0.05) is 0 Å². The maximum atomic E-state index is 12.7. The van der Waals surface area contributed by atoms with Gasteiger partial charge in [-0.3, -0.25) is 4.79 Å². The molecule has 1 fully saturated rings. The fraction of sp³-hybridized carbons (Fsp3) is 0.417. The third kappa shape index (κ3) is 3.01. The van der Waals surface area contributed by atoms with Gasteiger partial charge in [-0.25, -0.2) is 4.39 Å². The van der Waals surface area contributed by atoms with Crippen LogP contribution in [-0.4, -0.2) is 36.8 Å². The minimum atomic E-state index is -0.413. The SMILES string of the molecule is O=C(NCC1CNCC1O)c1ccc(F)cc1. The number of nitrogens with one attached hydrogen (secondary N) is 2. The van der Waals surface area contributed by atoms with Crippen LogP contribution in [0.25, 0.3) is 0 Å². The van der Waals surface area contributed by atoms with Crippen LogP contribution < -0.4 is 10.6 Å². The lowest BCUT2D eigenvalue weighted by atomic mass is 10.1. The number of halogens is 1. The summed E-state index contributed by atoms with van der Waals surface area (Å²) < 4.78 is 12.7. The Morgan fingerprint density at radius 2 is 2.12 bits per heavy atom. The zero-order chi connectivity index (χ0) is 12.3. The van der Waals surface area contributed by atoms with Crippen LogP contribution in [0, 0.1) is 11.7 Å². The lowest BCUT2D eigenvalue weighted by molar-refractivity contribution is 0.0927. The van der Waals surface area contributed by atoms with Gasteiger partial charge in [0.2, 0.25) is 0 Å². The van der Waals surface area contributed by atoms with Crippen molar-refractivity contribution in [2.24, 2.45) is 5.92 Å². The molecule has 3 N–H and O–H groups in total. The number of benzene rings is 1. The van der Waals surface area contributed by atoms with E-state index in [1.807, 2.05) is 0 Å². The summed E-state index contributed by atoms with van der Waals surface area (Å²) in [6.45, 7) is 1.69. The van der Waals surface area contributed by atoms with Crippen molar-refractivity contribution in [1.29, 1.82) is 0 Å². The monoisotopic (exact) mass is 238 g/mol. The second kappa shape index (κ2) is 5.25. The number of aliphatic hydroxyl groups is 1. The lowest BCUT2D eigenvalue weighted by Gasteiger charge is -2.14. The highest BCUT2D eigenvalue weighted by atomic mass is 19.1. The Bertz CT molecular complexity index is 394. The molecule has 1 aliphatic heterocycles. The summed E-state index contributed by atoms with van der Waals surface area (Å²) in [5.41, 5.74) is 0.423. The van der Waals surface area contributed by atoms with Gasteiger partial charge in [-0.2, -0.15) is 0 Å². The van der Waals surface area contributed by atoms with E-state index in [1.165, 1.54) is 24.3 Å². The Morgan fingerprint density at radius 3 is 2.71 bits per heavy atom. The molecule has 0 aliphatic carbocycles. The summed E-state index contributed by atoms with van der Waals surface area (Å²) in [4.78, 5) is 11.7. The fourth-order valence-corrected chi connectivity index (χ4v) is 1.85. The van der Waals surface area contributed by atoms with Crippen molar-refractivity contribution in [3.05, 3.63) is 35.6 Å². The van der Waals surface area contributed by atoms with Gasteiger partial charge in [-0.05, 0) is 24.3 Å². The minimum Gasteiger partial charge on any atom is -0.391 e. The Morgan fingerprint density at radius 1 is 1.41 bits per heavy atom. The van der Waals surface area contributed by atoms with Gasteiger partial charge in [0.1, 0.15) is 5.82 Å². The molecule has 5 heteroatoms. The summed E-state index contributed by atoms with van der Waals surface area (Å²) in [5.74, 6) is -0.569. The van der Waals surface area contributed by atoms with E-state index >= 15 is 0 Å². The van der Waals surface area contributed by atoms with Crippen molar-refractivity contribution < 1.29 is 14.3 Å². The molecule has 4 nitrogen and oxygen atoms in total. The van der Waals surface area contributed by atoms with Crippen LogP contribution in [0.3, 0.4) is 0 Å². The summed E-state index contributed by atoms with van der Waals surface area (Å²) in [7, 11) is 0. The average Bonchev–Trinajstić information content (AvgIpc) is 2.73. The van der Waals surface area contributed by atoms with Crippen LogP contribution in [0.15, 0.2) is 24.3 Å². The summed E-state index contributed by atoms with van der Waals surface area (Å²) >= 11 is 0. The number of carbonyl (C=O) groups is 1. The Labute approximate surface area is 98.8 Å². The van der Waals surface area contributed by atoms with Gasteiger partial charge in [0.05, 0.1) is 6.10 Å². The zero-order valence-electron chi connectivity index (χ0n) is 9.32. The highest BCUT2D eigenvalue weighted by molar-refractivity contribution is 5.94. The Balaban J connectivity index is 1.87. The van der Waals surface area contributed by atoms with Gasteiger partial charge < -0.3 is 15.7 Å². The van der Waals surface area contributed by atoms with Crippen molar-refractivity contribution >= 4 is 5.91 Å². The summed E-state index contributed by atoms with van der Waals surface area (Å²) in [5, 5.41) is 15.3. The van der Waals surface area contributed by atoms with Crippen molar-refractivity contribution in [1.82, 2.24) is 10.6 Å². The molecule has 0 saturated carbocycles. The topological polar surface area (TPSA) is 61.4 Å². The predicted molar refractivity (Wildman–Crippen MR) is 61.1 cm³/mol. The van der Waals surface area contributed by atoms with E-state index in [-0.39, 0.29) is 17.6 Å². The highest BCUT2D eigenvalue weighted by Gasteiger charge is 2.25. The van der Waals surface area contributed by atoms with E-state index in [0.29, 0.717) is 25.2 Å². The highest BCUT2D eigenvalue weighted by Crippen LogP contribution is 2.08. The third-order valence-electron chi connectivity index (χ3n) is 2.94. The predicted octanol–water partition coefficient (Wildman–Crippen LogP) is 0.136. The van der Waals surface area contributed by atoms with Crippen LogP contribution in [0.4, 0.5) is 4.39 Å². The quantitative estimate of drug-likeness (QED) is 0.701. The van der Waals surface area contributed by atoms with Crippen LogP contribution in [-0.2, 0) is 0 Å². The van der Waals surface area contributed by atoms with Crippen LogP contribution >= 0.6 is 0 Å². The number of aliphatic hydroxyl groups excluding tert-OH is 1. The lowest BCUT2D eigenvalue weighted by Crippen LogP contribution is -2.34. The van der Waals surface area contributed by atoms with Gasteiger partial charge in [-0.15, -0.1) is 0 Å². The number of amides is 1. The molecule has 17 heavy (non-hydrogen) atoms. The van der Waals surface area contributed by atoms with Crippen LogP contribution in [0.5, 0.6) is 0 Å². The second-order valence-corrected chi connectivity index (χ2v) is 4.20.